The van der Waals surface area contributed by atoms with Gasteiger partial charge in [0.2, 0.25) is 5.91 Å². The van der Waals surface area contributed by atoms with Gasteiger partial charge in [-0.05, 0) is 55.3 Å². The highest BCUT2D eigenvalue weighted by Gasteiger charge is 2.36. The van der Waals surface area contributed by atoms with Crippen molar-refractivity contribution in [2.24, 2.45) is 5.92 Å². The van der Waals surface area contributed by atoms with E-state index in [-0.39, 0.29) is 36.2 Å². The Morgan fingerprint density at radius 2 is 1.56 bits per heavy atom. The topological polar surface area (TPSA) is 105 Å². The summed E-state index contributed by atoms with van der Waals surface area (Å²) in [7, 11) is 0. The van der Waals surface area contributed by atoms with Crippen LogP contribution >= 0.6 is 0 Å². The molecular weight excluding hydrogens is 455 g/mol. The Morgan fingerprint density at radius 3 is 2.15 bits per heavy atom. The minimum atomic E-state index is -4.77. The summed E-state index contributed by atoms with van der Waals surface area (Å²) in [5, 5.41) is 4.69. The summed E-state index contributed by atoms with van der Waals surface area (Å²) in [5.74, 6) is -1.98. The van der Waals surface area contributed by atoms with E-state index in [1.54, 1.807) is 17.0 Å². The zero-order valence-electron chi connectivity index (χ0n) is 17.7. The number of halogens is 3. The molecule has 3 heterocycles. The summed E-state index contributed by atoms with van der Waals surface area (Å²) in [4.78, 5) is 38.6. The van der Waals surface area contributed by atoms with Crippen molar-refractivity contribution in [2.75, 3.05) is 23.7 Å². The van der Waals surface area contributed by atoms with Gasteiger partial charge in [-0.3, -0.25) is 14.4 Å². The Bertz CT molecular complexity index is 1170. The van der Waals surface area contributed by atoms with E-state index in [2.05, 4.69) is 10.6 Å². The Morgan fingerprint density at radius 1 is 0.912 bits per heavy atom. The highest BCUT2D eigenvalue weighted by molar-refractivity contribution is 6.02. The van der Waals surface area contributed by atoms with Crippen molar-refractivity contribution in [1.29, 1.82) is 0 Å². The fourth-order valence-corrected chi connectivity index (χ4v) is 3.70. The number of carbonyl (C=O) groups is 3. The summed E-state index contributed by atoms with van der Waals surface area (Å²) in [6.45, 7) is 0.559. The molecule has 0 spiro atoms. The Hall–Kier alpha value is -4.02. The first-order valence-corrected chi connectivity index (χ1v) is 10.4. The maximum absolute atomic E-state index is 13.7. The molecule has 1 fully saturated rings. The van der Waals surface area contributed by atoms with E-state index >= 15 is 0 Å². The highest BCUT2D eigenvalue weighted by Crippen LogP contribution is 2.37. The molecular formula is C23H20F3N3O5. The second-order valence-electron chi connectivity index (χ2n) is 7.72. The Balaban J connectivity index is 1.42. The van der Waals surface area contributed by atoms with E-state index in [0.29, 0.717) is 12.8 Å². The van der Waals surface area contributed by atoms with E-state index in [9.17, 15) is 27.6 Å². The third-order valence-electron chi connectivity index (χ3n) is 5.47. The molecule has 0 saturated carbocycles. The van der Waals surface area contributed by atoms with Gasteiger partial charge in [0, 0.05) is 24.7 Å². The van der Waals surface area contributed by atoms with Crippen LogP contribution in [-0.4, -0.2) is 35.7 Å². The lowest BCUT2D eigenvalue weighted by molar-refractivity contribution is -0.137. The molecule has 0 radical (unpaired) electrons. The number of hydrogen-bond donors (Lipinski definition) is 2. The van der Waals surface area contributed by atoms with Gasteiger partial charge in [0.1, 0.15) is 0 Å². The van der Waals surface area contributed by atoms with Gasteiger partial charge in [-0.2, -0.15) is 13.2 Å². The predicted molar refractivity (Wildman–Crippen MR) is 114 cm³/mol. The van der Waals surface area contributed by atoms with Crippen LogP contribution in [0.5, 0.6) is 0 Å². The number of furan rings is 2. The molecule has 1 aromatic carbocycles. The van der Waals surface area contributed by atoms with Crippen LogP contribution in [0.3, 0.4) is 0 Å². The van der Waals surface area contributed by atoms with E-state index in [4.69, 9.17) is 8.83 Å². The summed E-state index contributed by atoms with van der Waals surface area (Å²) < 4.78 is 51.0. The van der Waals surface area contributed by atoms with Crippen LogP contribution in [0.15, 0.2) is 63.8 Å². The van der Waals surface area contributed by atoms with Crippen LogP contribution < -0.4 is 10.6 Å². The number of rotatable bonds is 5. The third kappa shape index (κ3) is 5.13. The lowest BCUT2D eigenvalue weighted by atomic mass is 9.95. The number of nitrogens with zero attached hydrogens (tertiary/aromatic N) is 1. The highest BCUT2D eigenvalue weighted by atomic mass is 19.4. The minimum absolute atomic E-state index is 0.0530. The lowest BCUT2D eigenvalue weighted by Gasteiger charge is -2.31. The molecule has 0 atom stereocenters. The van der Waals surface area contributed by atoms with Gasteiger partial charge in [-0.15, -0.1) is 0 Å². The van der Waals surface area contributed by atoms with Crippen molar-refractivity contribution < 1.29 is 36.4 Å². The number of nitrogens with one attached hydrogen (secondary N) is 2. The van der Waals surface area contributed by atoms with Crippen molar-refractivity contribution in [2.45, 2.75) is 19.0 Å². The van der Waals surface area contributed by atoms with E-state index < -0.39 is 35.2 Å². The molecule has 2 aromatic heterocycles. The van der Waals surface area contributed by atoms with Crippen molar-refractivity contribution in [1.82, 2.24) is 4.90 Å². The molecule has 0 aliphatic carbocycles. The molecule has 11 heteroatoms. The van der Waals surface area contributed by atoms with Crippen LogP contribution in [0.4, 0.5) is 24.5 Å². The van der Waals surface area contributed by atoms with Crippen molar-refractivity contribution in [3.63, 3.8) is 0 Å². The summed E-state index contributed by atoms with van der Waals surface area (Å²) in [6, 6.07) is 9.10. The lowest BCUT2D eigenvalue weighted by Crippen LogP contribution is -2.41. The second-order valence-corrected chi connectivity index (χ2v) is 7.72. The number of benzene rings is 1. The molecule has 4 rings (SSSR count). The second kappa shape index (κ2) is 9.46. The number of carbonyl (C=O) groups excluding carboxylic acids is 3. The minimum Gasteiger partial charge on any atom is -0.459 e. The van der Waals surface area contributed by atoms with E-state index in [1.165, 1.54) is 30.7 Å². The van der Waals surface area contributed by atoms with Crippen LogP contribution in [0.25, 0.3) is 0 Å². The molecule has 1 aliphatic heterocycles. The van der Waals surface area contributed by atoms with Gasteiger partial charge in [-0.1, -0.05) is 0 Å². The maximum Gasteiger partial charge on any atom is 0.418 e. The number of likely N-dealkylation sites (tertiary alicyclic amines) is 1. The van der Waals surface area contributed by atoms with E-state index in [0.717, 1.165) is 12.1 Å². The molecule has 178 valence electrons. The van der Waals surface area contributed by atoms with Crippen LogP contribution in [-0.2, 0) is 11.0 Å². The van der Waals surface area contributed by atoms with Gasteiger partial charge in [0.05, 0.1) is 23.8 Å². The van der Waals surface area contributed by atoms with Crippen molar-refractivity contribution >= 4 is 29.1 Å². The van der Waals surface area contributed by atoms with Crippen LogP contribution in [0, 0.1) is 5.92 Å². The molecule has 1 saturated heterocycles. The standard InChI is InChI=1S/C23H20F3N3O5/c24-23(25,26)16-13-15(27-21(31)18-3-1-11-33-18)5-6-17(16)28-20(30)14-7-9-29(10-8-14)22(32)19-4-2-12-34-19/h1-6,11-14H,7-10H2,(H,27,31)(H,28,30). The first-order chi connectivity index (χ1) is 16.2. The first kappa shape index (κ1) is 23.1. The molecule has 3 aromatic rings. The monoisotopic (exact) mass is 475 g/mol. The maximum atomic E-state index is 13.7. The molecule has 8 nitrogen and oxygen atoms in total. The zero-order chi connectivity index (χ0) is 24.3. The molecule has 1 aliphatic rings. The Kier molecular flexibility index (Phi) is 6.44. The largest absolute Gasteiger partial charge is 0.459 e. The average molecular weight is 475 g/mol. The van der Waals surface area contributed by atoms with Gasteiger partial charge >= 0.3 is 6.18 Å². The van der Waals surface area contributed by atoms with Crippen LogP contribution in [0.2, 0.25) is 0 Å². The molecule has 34 heavy (non-hydrogen) atoms. The fourth-order valence-electron chi connectivity index (χ4n) is 3.70. The molecule has 3 amide bonds. The number of alkyl halides is 3. The number of amides is 3. The molecule has 2 N–H and O–H groups in total. The first-order valence-electron chi connectivity index (χ1n) is 10.4. The van der Waals surface area contributed by atoms with Gasteiger partial charge in [0.15, 0.2) is 11.5 Å². The quantitative estimate of drug-likeness (QED) is 0.560. The normalized spacial score (nSPS) is 14.6. The smallest absolute Gasteiger partial charge is 0.418 e. The van der Waals surface area contributed by atoms with Crippen molar-refractivity contribution in [3.8, 4) is 0 Å². The molecule has 0 unspecified atom stereocenters. The number of hydrogen-bond acceptors (Lipinski definition) is 5. The van der Waals surface area contributed by atoms with Gasteiger partial charge in [0.25, 0.3) is 11.8 Å². The van der Waals surface area contributed by atoms with Crippen LogP contribution in [0.1, 0.15) is 39.5 Å². The number of anilines is 2. The SMILES string of the molecule is O=C(Nc1ccc(NC(=O)C2CCN(C(=O)c3ccco3)CC2)c(C(F)(F)F)c1)c1ccco1. The van der Waals surface area contributed by atoms with Crippen molar-refractivity contribution in [3.05, 3.63) is 72.1 Å². The summed E-state index contributed by atoms with van der Waals surface area (Å²) in [5.41, 5.74) is -1.61. The third-order valence-corrected chi connectivity index (χ3v) is 5.47. The summed E-state index contributed by atoms with van der Waals surface area (Å²) in [6.07, 6.45) is -1.51. The predicted octanol–water partition coefficient (Wildman–Crippen LogP) is 4.63. The molecule has 0 bridgehead atoms. The summed E-state index contributed by atoms with van der Waals surface area (Å²) >= 11 is 0. The van der Waals surface area contributed by atoms with Gasteiger partial charge in [-0.25, -0.2) is 0 Å². The fraction of sp³-hybridized carbons (Fsp3) is 0.261. The number of piperidine rings is 1. The van der Waals surface area contributed by atoms with E-state index in [1.807, 2.05) is 0 Å². The zero-order valence-corrected chi connectivity index (χ0v) is 17.7. The average Bonchev–Trinajstić information content (AvgIpc) is 3.53. The van der Waals surface area contributed by atoms with Gasteiger partial charge < -0.3 is 24.4 Å². The Labute approximate surface area is 191 Å².